The Morgan fingerprint density at radius 3 is 2.28 bits per heavy atom. The first-order valence-corrected chi connectivity index (χ1v) is 12.0. The summed E-state index contributed by atoms with van der Waals surface area (Å²) in [5, 5.41) is 2.95. The van der Waals surface area contributed by atoms with Crippen LogP contribution in [0.1, 0.15) is 38.3 Å². The summed E-state index contributed by atoms with van der Waals surface area (Å²) in [5.41, 5.74) is 2.04. The van der Waals surface area contributed by atoms with Gasteiger partial charge in [0.2, 0.25) is 11.8 Å². The number of rotatable bonds is 12. The van der Waals surface area contributed by atoms with E-state index >= 15 is 0 Å². The van der Waals surface area contributed by atoms with Crippen molar-refractivity contribution in [2.24, 2.45) is 0 Å². The Hall–Kier alpha value is -2.67. The Kier molecular flexibility index (Phi) is 10.4. The van der Waals surface area contributed by atoms with Gasteiger partial charge in [0.25, 0.3) is 0 Å². The van der Waals surface area contributed by atoms with Gasteiger partial charge in [-0.05, 0) is 55.7 Å². The van der Waals surface area contributed by atoms with Crippen molar-refractivity contribution in [1.29, 1.82) is 0 Å². The predicted molar refractivity (Wildman–Crippen MR) is 130 cm³/mol. The molecule has 6 nitrogen and oxygen atoms in total. The quantitative estimate of drug-likeness (QED) is 0.515. The standard InChI is InChI=1S/C25H34N2O4S/c1-6-23(25(29)26-18(2)3)27(15-20-8-7-9-22(14-20)31-5)24(28)17-32-16-19-10-12-21(30-4)13-11-19/h7-14,18,23H,6,15-17H2,1-5H3,(H,26,29)/t23-/m0/s1. The number of carbonyl (C=O) groups is 2. The third-order valence-corrected chi connectivity index (χ3v) is 5.95. The molecular weight excluding hydrogens is 424 g/mol. The van der Waals surface area contributed by atoms with E-state index in [4.69, 9.17) is 9.47 Å². The molecule has 0 heterocycles. The third kappa shape index (κ3) is 7.79. The lowest BCUT2D eigenvalue weighted by molar-refractivity contribution is -0.139. The van der Waals surface area contributed by atoms with Gasteiger partial charge < -0.3 is 19.7 Å². The summed E-state index contributed by atoms with van der Waals surface area (Å²) in [6, 6.07) is 14.9. The number of methoxy groups -OCH3 is 2. The second-order valence-corrected chi connectivity index (χ2v) is 8.79. The molecule has 0 saturated carbocycles. The van der Waals surface area contributed by atoms with Crippen molar-refractivity contribution in [1.82, 2.24) is 10.2 Å². The molecule has 1 atom stereocenters. The largest absolute Gasteiger partial charge is 0.497 e. The molecule has 0 unspecified atom stereocenters. The van der Waals surface area contributed by atoms with Gasteiger partial charge in [-0.25, -0.2) is 0 Å². The second kappa shape index (κ2) is 13.0. The van der Waals surface area contributed by atoms with Crippen LogP contribution in [-0.4, -0.2) is 48.8 Å². The van der Waals surface area contributed by atoms with Gasteiger partial charge in [0.1, 0.15) is 17.5 Å². The van der Waals surface area contributed by atoms with E-state index in [1.165, 1.54) is 11.8 Å². The highest BCUT2D eigenvalue weighted by Crippen LogP contribution is 2.20. The Bertz CT molecular complexity index is 871. The highest BCUT2D eigenvalue weighted by molar-refractivity contribution is 7.99. The van der Waals surface area contributed by atoms with Crippen molar-refractivity contribution in [2.45, 2.75) is 51.6 Å². The SMILES string of the molecule is CC[C@@H](C(=O)NC(C)C)N(Cc1cccc(OC)c1)C(=O)CSCc1ccc(OC)cc1. The van der Waals surface area contributed by atoms with Crippen LogP contribution in [0.25, 0.3) is 0 Å². The lowest BCUT2D eigenvalue weighted by Gasteiger charge is -2.31. The molecule has 174 valence electrons. The van der Waals surface area contributed by atoms with E-state index in [2.05, 4.69) is 5.32 Å². The van der Waals surface area contributed by atoms with Crippen molar-refractivity contribution in [3.8, 4) is 11.5 Å². The van der Waals surface area contributed by atoms with E-state index in [0.717, 1.165) is 22.6 Å². The summed E-state index contributed by atoms with van der Waals surface area (Å²) in [4.78, 5) is 27.8. The summed E-state index contributed by atoms with van der Waals surface area (Å²) in [7, 11) is 3.25. The number of ether oxygens (including phenoxy) is 2. The molecule has 0 bridgehead atoms. The fourth-order valence-corrected chi connectivity index (χ4v) is 4.20. The fourth-order valence-electron chi connectivity index (χ4n) is 3.33. The minimum atomic E-state index is -0.530. The van der Waals surface area contributed by atoms with Gasteiger partial charge in [0, 0.05) is 18.3 Å². The molecule has 0 spiro atoms. The molecule has 0 aliphatic carbocycles. The molecule has 32 heavy (non-hydrogen) atoms. The Balaban J connectivity index is 2.13. The van der Waals surface area contributed by atoms with Crippen molar-refractivity contribution in [3.63, 3.8) is 0 Å². The van der Waals surface area contributed by atoms with E-state index < -0.39 is 6.04 Å². The Labute approximate surface area is 195 Å². The maximum atomic E-state index is 13.3. The lowest BCUT2D eigenvalue weighted by Crippen LogP contribution is -2.50. The molecule has 0 saturated heterocycles. The van der Waals surface area contributed by atoms with Crippen molar-refractivity contribution >= 4 is 23.6 Å². The minimum Gasteiger partial charge on any atom is -0.497 e. The number of benzene rings is 2. The van der Waals surface area contributed by atoms with Gasteiger partial charge in [0.15, 0.2) is 0 Å². The summed E-state index contributed by atoms with van der Waals surface area (Å²) in [6.07, 6.45) is 0.539. The average Bonchev–Trinajstić information content (AvgIpc) is 2.79. The smallest absolute Gasteiger partial charge is 0.243 e. The third-order valence-electron chi connectivity index (χ3n) is 4.96. The van der Waals surface area contributed by atoms with Crippen LogP contribution in [0.2, 0.25) is 0 Å². The normalized spacial score (nSPS) is 11.7. The molecule has 0 aliphatic heterocycles. The molecular formula is C25H34N2O4S. The first-order valence-electron chi connectivity index (χ1n) is 10.8. The number of carbonyl (C=O) groups excluding carboxylic acids is 2. The molecule has 2 amide bonds. The molecule has 2 aromatic carbocycles. The molecule has 2 aromatic rings. The van der Waals surface area contributed by atoms with E-state index in [-0.39, 0.29) is 17.9 Å². The van der Waals surface area contributed by atoms with E-state index in [0.29, 0.717) is 24.5 Å². The molecule has 1 N–H and O–H groups in total. The van der Waals surface area contributed by atoms with Gasteiger partial charge in [-0.3, -0.25) is 9.59 Å². The van der Waals surface area contributed by atoms with E-state index in [9.17, 15) is 9.59 Å². The maximum absolute atomic E-state index is 13.3. The molecule has 0 aliphatic rings. The fraction of sp³-hybridized carbons (Fsp3) is 0.440. The second-order valence-electron chi connectivity index (χ2n) is 7.80. The number of hydrogen-bond acceptors (Lipinski definition) is 5. The Morgan fingerprint density at radius 2 is 1.69 bits per heavy atom. The van der Waals surface area contributed by atoms with Gasteiger partial charge >= 0.3 is 0 Å². The van der Waals surface area contributed by atoms with Crippen LogP contribution in [0, 0.1) is 0 Å². The zero-order chi connectivity index (χ0) is 23.5. The molecule has 0 aromatic heterocycles. The average molecular weight is 459 g/mol. The van der Waals surface area contributed by atoms with Gasteiger partial charge in [-0.2, -0.15) is 0 Å². The molecule has 0 radical (unpaired) electrons. The topological polar surface area (TPSA) is 67.9 Å². The van der Waals surface area contributed by atoms with Crippen LogP contribution in [0.4, 0.5) is 0 Å². The van der Waals surface area contributed by atoms with Crippen LogP contribution < -0.4 is 14.8 Å². The van der Waals surface area contributed by atoms with Crippen LogP contribution in [0.3, 0.4) is 0 Å². The summed E-state index contributed by atoms with van der Waals surface area (Å²) < 4.78 is 10.5. The lowest BCUT2D eigenvalue weighted by atomic mass is 10.1. The van der Waals surface area contributed by atoms with Crippen molar-refractivity contribution < 1.29 is 19.1 Å². The Morgan fingerprint density at radius 1 is 1.00 bits per heavy atom. The molecule has 2 rings (SSSR count). The summed E-state index contributed by atoms with van der Waals surface area (Å²) >= 11 is 1.54. The number of nitrogens with one attached hydrogen (secondary N) is 1. The van der Waals surface area contributed by atoms with Crippen molar-refractivity contribution in [2.75, 3.05) is 20.0 Å². The minimum absolute atomic E-state index is 0.00904. The number of thioether (sulfide) groups is 1. The van der Waals surface area contributed by atoms with Crippen LogP contribution in [-0.2, 0) is 21.9 Å². The predicted octanol–water partition coefficient (Wildman–Crippen LogP) is 4.27. The zero-order valence-corrected chi connectivity index (χ0v) is 20.4. The first kappa shape index (κ1) is 25.6. The summed E-state index contributed by atoms with van der Waals surface area (Å²) in [6.45, 7) is 6.12. The maximum Gasteiger partial charge on any atom is 0.243 e. The highest BCUT2D eigenvalue weighted by Gasteiger charge is 2.28. The van der Waals surface area contributed by atoms with E-state index in [1.54, 1.807) is 19.1 Å². The van der Waals surface area contributed by atoms with Crippen molar-refractivity contribution in [3.05, 3.63) is 59.7 Å². The van der Waals surface area contributed by atoms with Crippen LogP contribution in [0.5, 0.6) is 11.5 Å². The van der Waals surface area contributed by atoms with Gasteiger partial charge in [-0.1, -0.05) is 31.2 Å². The first-order chi connectivity index (χ1) is 15.4. The number of nitrogens with zero attached hydrogens (tertiary/aromatic N) is 1. The highest BCUT2D eigenvalue weighted by atomic mass is 32.2. The van der Waals surface area contributed by atoms with Crippen LogP contribution >= 0.6 is 11.8 Å². The van der Waals surface area contributed by atoms with Crippen LogP contribution in [0.15, 0.2) is 48.5 Å². The monoisotopic (exact) mass is 458 g/mol. The number of amides is 2. The molecule has 7 heteroatoms. The van der Waals surface area contributed by atoms with E-state index in [1.807, 2.05) is 69.3 Å². The summed E-state index contributed by atoms with van der Waals surface area (Å²) in [5.74, 6) is 2.35. The molecule has 0 fully saturated rings. The zero-order valence-electron chi connectivity index (χ0n) is 19.6. The van der Waals surface area contributed by atoms with Gasteiger partial charge in [0.05, 0.1) is 20.0 Å². The number of hydrogen-bond donors (Lipinski definition) is 1. The van der Waals surface area contributed by atoms with Gasteiger partial charge in [-0.15, -0.1) is 11.8 Å².